The molecule has 0 unspecified atom stereocenters. The van der Waals surface area contributed by atoms with Crippen LogP contribution < -0.4 is 9.47 Å². The van der Waals surface area contributed by atoms with Gasteiger partial charge in [-0.05, 0) is 68.0 Å². The van der Waals surface area contributed by atoms with Crippen LogP contribution >= 0.6 is 0 Å². The molecule has 1 aliphatic heterocycles. The van der Waals surface area contributed by atoms with Gasteiger partial charge in [0.05, 0.1) is 14.2 Å². The van der Waals surface area contributed by atoms with Crippen molar-refractivity contribution in [3.63, 3.8) is 0 Å². The van der Waals surface area contributed by atoms with Crippen LogP contribution in [0.3, 0.4) is 0 Å². The van der Waals surface area contributed by atoms with E-state index >= 15 is 0 Å². The van der Waals surface area contributed by atoms with Crippen molar-refractivity contribution < 1.29 is 9.47 Å². The monoisotopic (exact) mass is 437 g/mol. The molecular formula is C27H39N3O2. The summed E-state index contributed by atoms with van der Waals surface area (Å²) in [5.41, 5.74) is 2.44. The summed E-state index contributed by atoms with van der Waals surface area (Å²) in [4.78, 5) is 9.73. The minimum absolute atomic E-state index is 0.707. The van der Waals surface area contributed by atoms with Gasteiger partial charge < -0.3 is 14.4 Å². The van der Waals surface area contributed by atoms with Crippen LogP contribution in [0, 0.1) is 5.92 Å². The number of piperidine rings is 1. The number of nitrogens with zero attached hydrogens (tertiary/aromatic N) is 3. The zero-order valence-electron chi connectivity index (χ0n) is 19.8. The van der Waals surface area contributed by atoms with E-state index in [-0.39, 0.29) is 0 Å². The summed E-state index contributed by atoms with van der Waals surface area (Å²) in [6.07, 6.45) is 13.5. The Morgan fingerprint density at radius 2 is 1.88 bits per heavy atom. The van der Waals surface area contributed by atoms with E-state index in [0.717, 1.165) is 37.2 Å². The van der Waals surface area contributed by atoms with E-state index in [4.69, 9.17) is 9.47 Å². The normalized spacial score (nSPS) is 20.4. The first-order valence-corrected chi connectivity index (χ1v) is 12.3. The van der Waals surface area contributed by atoms with Gasteiger partial charge in [-0.2, -0.15) is 0 Å². The van der Waals surface area contributed by atoms with E-state index < -0.39 is 0 Å². The van der Waals surface area contributed by atoms with Crippen LogP contribution in [0.5, 0.6) is 11.5 Å². The highest BCUT2D eigenvalue weighted by molar-refractivity contribution is 5.40. The first-order chi connectivity index (χ1) is 15.7. The van der Waals surface area contributed by atoms with Gasteiger partial charge in [0, 0.05) is 50.2 Å². The summed E-state index contributed by atoms with van der Waals surface area (Å²) in [6.45, 7) is 5.36. The summed E-state index contributed by atoms with van der Waals surface area (Å²) in [5.74, 6) is 2.51. The van der Waals surface area contributed by atoms with Gasteiger partial charge in [0.1, 0.15) is 11.5 Å². The van der Waals surface area contributed by atoms with E-state index in [1.54, 1.807) is 14.2 Å². The second-order valence-corrected chi connectivity index (χ2v) is 9.50. The molecule has 5 nitrogen and oxygen atoms in total. The molecule has 0 amide bonds. The van der Waals surface area contributed by atoms with Crippen LogP contribution in [0.15, 0.2) is 42.7 Å². The zero-order valence-corrected chi connectivity index (χ0v) is 19.8. The molecule has 0 bridgehead atoms. The lowest BCUT2D eigenvalue weighted by atomic mass is 9.90. The van der Waals surface area contributed by atoms with Gasteiger partial charge in [-0.1, -0.05) is 25.3 Å². The molecule has 1 saturated heterocycles. The minimum Gasteiger partial charge on any atom is -0.497 e. The van der Waals surface area contributed by atoms with Gasteiger partial charge in [-0.3, -0.25) is 9.88 Å². The predicted molar refractivity (Wildman–Crippen MR) is 129 cm³/mol. The molecule has 1 atom stereocenters. The molecule has 1 saturated carbocycles. The van der Waals surface area contributed by atoms with Crippen LogP contribution in [-0.2, 0) is 13.1 Å². The molecule has 1 aliphatic carbocycles. The average molecular weight is 438 g/mol. The topological polar surface area (TPSA) is 37.8 Å². The third kappa shape index (κ3) is 6.23. The zero-order chi connectivity index (χ0) is 22.2. The number of aromatic nitrogens is 1. The quantitative estimate of drug-likeness (QED) is 0.543. The third-order valence-corrected chi connectivity index (χ3v) is 7.17. The smallest absolute Gasteiger partial charge is 0.123 e. The van der Waals surface area contributed by atoms with Gasteiger partial charge >= 0.3 is 0 Å². The largest absolute Gasteiger partial charge is 0.497 e. The summed E-state index contributed by atoms with van der Waals surface area (Å²) in [6, 6.07) is 11.1. The molecule has 174 valence electrons. The molecular weight excluding hydrogens is 398 g/mol. The lowest BCUT2D eigenvalue weighted by Gasteiger charge is -2.41. The molecule has 0 radical (unpaired) electrons. The van der Waals surface area contributed by atoms with E-state index in [0.29, 0.717) is 5.92 Å². The maximum Gasteiger partial charge on any atom is 0.123 e. The molecule has 1 aromatic heterocycles. The Balaban J connectivity index is 1.48. The maximum atomic E-state index is 5.68. The van der Waals surface area contributed by atoms with Crippen molar-refractivity contribution in [2.75, 3.05) is 33.9 Å². The average Bonchev–Trinajstić information content (AvgIpc) is 2.85. The second-order valence-electron chi connectivity index (χ2n) is 9.50. The number of pyridine rings is 1. The summed E-state index contributed by atoms with van der Waals surface area (Å²) in [5, 5.41) is 0. The SMILES string of the molecule is COc1ccc(OC)c(CN(Cc2cccnc2)C[C@@H]2CCCN(C3CCCCC3)C2)c1. The van der Waals surface area contributed by atoms with E-state index in [9.17, 15) is 0 Å². The fourth-order valence-corrected chi connectivity index (χ4v) is 5.57. The van der Waals surface area contributed by atoms with Gasteiger partial charge in [0.15, 0.2) is 0 Å². The van der Waals surface area contributed by atoms with Crippen molar-refractivity contribution in [1.82, 2.24) is 14.8 Å². The Labute approximate surface area is 193 Å². The number of methoxy groups -OCH3 is 2. The van der Waals surface area contributed by atoms with Crippen LogP contribution in [0.4, 0.5) is 0 Å². The number of rotatable bonds is 9. The second kappa shape index (κ2) is 11.7. The first kappa shape index (κ1) is 23.1. The third-order valence-electron chi connectivity index (χ3n) is 7.17. The van der Waals surface area contributed by atoms with Crippen LogP contribution in [0.2, 0.25) is 0 Å². The van der Waals surface area contributed by atoms with Crippen LogP contribution in [0.1, 0.15) is 56.1 Å². The summed E-state index contributed by atoms with van der Waals surface area (Å²) in [7, 11) is 3.47. The standard InChI is InChI=1S/C27H39N3O2/c1-31-26-12-13-27(32-2)24(16-26)21-29(18-22-8-6-14-28-17-22)19-23-9-7-15-30(20-23)25-10-4-3-5-11-25/h6,8,12-14,16-17,23,25H,3-5,7,9-11,15,18-21H2,1-2H3/t23-/m0/s1. The lowest BCUT2D eigenvalue weighted by Crippen LogP contribution is -2.46. The number of hydrogen-bond acceptors (Lipinski definition) is 5. The lowest BCUT2D eigenvalue weighted by molar-refractivity contribution is 0.0769. The predicted octanol–water partition coefficient (Wildman–Crippen LogP) is 5.15. The molecule has 32 heavy (non-hydrogen) atoms. The Kier molecular flexibility index (Phi) is 8.41. The van der Waals surface area contributed by atoms with Crippen molar-refractivity contribution in [2.24, 2.45) is 5.92 Å². The fourth-order valence-electron chi connectivity index (χ4n) is 5.57. The fraction of sp³-hybridized carbons (Fsp3) is 0.593. The Morgan fingerprint density at radius 3 is 2.62 bits per heavy atom. The summed E-state index contributed by atoms with van der Waals surface area (Å²) >= 11 is 0. The Hall–Kier alpha value is -2.11. The summed E-state index contributed by atoms with van der Waals surface area (Å²) < 4.78 is 11.2. The van der Waals surface area contributed by atoms with Gasteiger partial charge in [-0.15, -0.1) is 0 Å². The minimum atomic E-state index is 0.707. The number of likely N-dealkylation sites (tertiary alicyclic amines) is 1. The molecule has 1 aromatic carbocycles. The first-order valence-electron chi connectivity index (χ1n) is 12.3. The van der Waals surface area contributed by atoms with Crippen molar-refractivity contribution in [3.05, 3.63) is 53.9 Å². The van der Waals surface area contributed by atoms with Crippen molar-refractivity contribution >= 4 is 0 Å². The molecule has 5 heteroatoms. The van der Waals surface area contributed by atoms with E-state index in [1.807, 2.05) is 30.6 Å². The van der Waals surface area contributed by atoms with Crippen LogP contribution in [-0.4, -0.2) is 54.7 Å². The van der Waals surface area contributed by atoms with E-state index in [1.165, 1.54) is 69.2 Å². The molecule has 0 spiro atoms. The maximum absolute atomic E-state index is 5.68. The molecule has 2 heterocycles. The highest BCUT2D eigenvalue weighted by Crippen LogP contribution is 2.30. The molecule has 2 aromatic rings. The Morgan fingerprint density at radius 1 is 1.00 bits per heavy atom. The molecule has 2 aliphatic rings. The van der Waals surface area contributed by atoms with Crippen LogP contribution in [0.25, 0.3) is 0 Å². The molecule has 4 rings (SSSR count). The van der Waals surface area contributed by atoms with Gasteiger partial charge in [0.2, 0.25) is 0 Å². The highest BCUT2D eigenvalue weighted by atomic mass is 16.5. The molecule has 2 fully saturated rings. The van der Waals surface area contributed by atoms with Crippen molar-refractivity contribution in [2.45, 2.75) is 64.1 Å². The highest BCUT2D eigenvalue weighted by Gasteiger charge is 2.28. The van der Waals surface area contributed by atoms with Gasteiger partial charge in [0.25, 0.3) is 0 Å². The van der Waals surface area contributed by atoms with Gasteiger partial charge in [-0.25, -0.2) is 0 Å². The number of hydrogen-bond donors (Lipinski definition) is 0. The molecule has 0 N–H and O–H groups in total. The Bertz CT molecular complexity index is 823. The number of ether oxygens (including phenoxy) is 2. The van der Waals surface area contributed by atoms with Crippen molar-refractivity contribution in [3.8, 4) is 11.5 Å². The van der Waals surface area contributed by atoms with Crippen molar-refractivity contribution in [1.29, 1.82) is 0 Å². The number of benzene rings is 1. The van der Waals surface area contributed by atoms with E-state index in [2.05, 4.69) is 26.9 Å².